The lowest BCUT2D eigenvalue weighted by atomic mass is 9.98. The molecule has 0 bridgehead atoms. The molecule has 1 aliphatic rings. The summed E-state index contributed by atoms with van der Waals surface area (Å²) < 4.78 is 34.2. The van der Waals surface area contributed by atoms with Crippen molar-refractivity contribution in [2.75, 3.05) is 6.61 Å². The van der Waals surface area contributed by atoms with Gasteiger partial charge in [-0.15, -0.1) is 0 Å². The fraction of sp³-hybridized carbons (Fsp3) is 0.355. The van der Waals surface area contributed by atoms with E-state index in [1.165, 1.54) is 6.92 Å². The second-order valence-corrected chi connectivity index (χ2v) is 11.9. The highest BCUT2D eigenvalue weighted by molar-refractivity contribution is 6.76. The molecule has 3 aromatic rings. The first kappa shape index (κ1) is 32.2. The molecule has 8 nitrogen and oxygen atoms in total. The molecule has 3 unspecified atom stereocenters. The highest BCUT2D eigenvalue weighted by Crippen LogP contribution is 2.34. The Labute approximate surface area is 260 Å². The van der Waals surface area contributed by atoms with Gasteiger partial charge in [-0.2, -0.15) is 0 Å². The van der Waals surface area contributed by atoms with E-state index in [0.717, 1.165) is 16.7 Å². The van der Waals surface area contributed by atoms with Crippen LogP contribution in [0.25, 0.3) is 0 Å². The van der Waals surface area contributed by atoms with E-state index in [0.29, 0.717) is 6.61 Å². The van der Waals surface area contributed by atoms with E-state index in [-0.39, 0.29) is 19.8 Å². The Balaban J connectivity index is 1.64. The highest BCUT2D eigenvalue weighted by Gasteiger charge is 2.52. The average molecular weight is 637 g/mol. The minimum absolute atomic E-state index is 0.0628. The summed E-state index contributed by atoms with van der Waals surface area (Å²) in [7, 11) is 0. The lowest BCUT2D eigenvalue weighted by Gasteiger charge is -2.45. The Morgan fingerprint density at radius 3 is 1.69 bits per heavy atom. The van der Waals surface area contributed by atoms with Crippen molar-refractivity contribution in [1.82, 2.24) is 0 Å². The molecule has 1 saturated heterocycles. The minimum atomic E-state index is -2.18. The van der Waals surface area contributed by atoms with Gasteiger partial charge in [0.05, 0.1) is 26.4 Å². The van der Waals surface area contributed by atoms with Crippen molar-refractivity contribution in [2.24, 2.45) is 0 Å². The van der Waals surface area contributed by atoms with Crippen LogP contribution in [0.1, 0.15) is 23.6 Å². The molecule has 1 fully saturated rings. The zero-order chi connectivity index (χ0) is 30.0. The summed E-state index contributed by atoms with van der Waals surface area (Å²) in [5.74, 6) is -1.32. The van der Waals surface area contributed by atoms with Crippen molar-refractivity contribution in [2.45, 2.75) is 61.2 Å². The van der Waals surface area contributed by atoms with Crippen LogP contribution in [0.5, 0.6) is 0 Å². The molecule has 0 aliphatic carbocycles. The molecule has 0 amide bonds. The largest absolute Gasteiger partial charge is 0.453 e. The number of esters is 1. The van der Waals surface area contributed by atoms with Gasteiger partial charge < -0.3 is 28.4 Å². The zero-order valence-corrected chi connectivity index (χ0v) is 25.1. The first-order valence-corrected chi connectivity index (χ1v) is 14.4. The van der Waals surface area contributed by atoms with Crippen molar-refractivity contribution >= 4 is 46.7 Å². The van der Waals surface area contributed by atoms with Gasteiger partial charge in [0.25, 0.3) is 3.79 Å². The van der Waals surface area contributed by atoms with E-state index in [1.54, 1.807) is 0 Å². The number of carbonyl (C=O) groups excluding carboxylic acids is 1. The quantitative estimate of drug-likeness (QED) is 0.106. The van der Waals surface area contributed by atoms with Gasteiger partial charge in [-0.1, -0.05) is 126 Å². The second-order valence-electron chi connectivity index (χ2n) is 9.58. The van der Waals surface area contributed by atoms with Crippen LogP contribution < -0.4 is 0 Å². The number of rotatable bonds is 12. The average Bonchev–Trinajstić information content (AvgIpc) is 2.97. The normalized spacial score (nSPS) is 22.3. The molecule has 1 heterocycles. The molecule has 0 aromatic heterocycles. The monoisotopic (exact) mass is 635 g/mol. The molecule has 3 aromatic carbocycles. The highest BCUT2D eigenvalue weighted by atomic mass is 35.6. The summed E-state index contributed by atoms with van der Waals surface area (Å²) >= 11 is 17.7. The predicted molar refractivity (Wildman–Crippen MR) is 159 cm³/mol. The van der Waals surface area contributed by atoms with E-state index in [9.17, 15) is 4.79 Å². The Hall–Kier alpha value is -2.69. The Morgan fingerprint density at radius 1 is 0.738 bits per heavy atom. The third kappa shape index (κ3) is 9.67. The van der Waals surface area contributed by atoms with Gasteiger partial charge >= 0.3 is 5.97 Å². The first-order chi connectivity index (χ1) is 20.2. The number of hydrogen-bond donors (Lipinski definition) is 1. The van der Waals surface area contributed by atoms with Crippen LogP contribution in [0.2, 0.25) is 0 Å². The smallest absolute Gasteiger partial charge is 0.303 e. The molecule has 0 saturated carbocycles. The van der Waals surface area contributed by atoms with Gasteiger partial charge in [0, 0.05) is 6.92 Å². The van der Waals surface area contributed by atoms with Crippen molar-refractivity contribution in [1.29, 1.82) is 5.41 Å². The molecule has 224 valence electrons. The predicted octanol–water partition coefficient (Wildman–Crippen LogP) is 6.39. The van der Waals surface area contributed by atoms with E-state index in [1.807, 2.05) is 91.0 Å². The van der Waals surface area contributed by atoms with Crippen LogP contribution in [0.15, 0.2) is 91.0 Å². The molecule has 1 aliphatic heterocycles. The third-order valence-electron chi connectivity index (χ3n) is 6.35. The van der Waals surface area contributed by atoms with E-state index in [2.05, 4.69) is 0 Å². The van der Waals surface area contributed by atoms with Crippen LogP contribution >= 0.6 is 34.8 Å². The van der Waals surface area contributed by atoms with Crippen molar-refractivity contribution in [3.63, 3.8) is 0 Å². The number of halogens is 3. The van der Waals surface area contributed by atoms with Gasteiger partial charge in [0.15, 0.2) is 6.10 Å². The fourth-order valence-electron chi connectivity index (χ4n) is 4.40. The van der Waals surface area contributed by atoms with Crippen LogP contribution in [0.4, 0.5) is 0 Å². The van der Waals surface area contributed by atoms with E-state index < -0.39 is 46.4 Å². The molecule has 0 radical (unpaired) electrons. The van der Waals surface area contributed by atoms with Crippen LogP contribution in [0.3, 0.4) is 0 Å². The minimum Gasteiger partial charge on any atom is -0.453 e. The molecule has 1 N–H and O–H groups in total. The summed E-state index contributed by atoms with van der Waals surface area (Å²) in [5, 5.41) is 8.17. The first-order valence-electron chi connectivity index (χ1n) is 13.3. The van der Waals surface area contributed by atoms with Crippen LogP contribution in [-0.4, -0.2) is 53.0 Å². The maximum atomic E-state index is 12.3. The van der Waals surface area contributed by atoms with Crippen molar-refractivity contribution in [3.05, 3.63) is 108 Å². The van der Waals surface area contributed by atoms with Crippen molar-refractivity contribution < 1.29 is 33.2 Å². The number of alkyl halides is 3. The topological polar surface area (TPSA) is 96.3 Å². The molecular formula is C31H32Cl3NO7. The third-order valence-corrected chi connectivity index (χ3v) is 6.86. The molecule has 42 heavy (non-hydrogen) atoms. The molecule has 0 spiro atoms. The fourth-order valence-corrected chi connectivity index (χ4v) is 4.53. The number of nitrogens with one attached hydrogen (secondary N) is 1. The summed E-state index contributed by atoms with van der Waals surface area (Å²) in [5.41, 5.74) is 2.77. The molecular weight excluding hydrogens is 605 g/mol. The van der Waals surface area contributed by atoms with Gasteiger partial charge in [-0.25, -0.2) is 0 Å². The zero-order valence-electron chi connectivity index (χ0n) is 22.9. The molecule has 5 atom stereocenters. The van der Waals surface area contributed by atoms with Crippen molar-refractivity contribution in [3.8, 4) is 0 Å². The summed E-state index contributed by atoms with van der Waals surface area (Å²) in [6.07, 6.45) is -5.01. The number of ether oxygens (including phenoxy) is 6. The lowest BCUT2D eigenvalue weighted by molar-refractivity contribution is -0.305. The molecule has 4 rings (SSSR count). The number of hydrogen-bond acceptors (Lipinski definition) is 8. The second kappa shape index (κ2) is 15.7. The lowest BCUT2D eigenvalue weighted by Crippen LogP contribution is -2.62. The Bertz CT molecular complexity index is 1260. The van der Waals surface area contributed by atoms with Gasteiger partial charge in [0.1, 0.15) is 18.3 Å². The summed E-state index contributed by atoms with van der Waals surface area (Å²) in [4.78, 5) is 12.3. The Morgan fingerprint density at radius 2 is 1.21 bits per heavy atom. The van der Waals surface area contributed by atoms with Crippen LogP contribution in [0, 0.1) is 5.41 Å². The summed E-state index contributed by atoms with van der Waals surface area (Å²) in [6.45, 7) is 2.01. The van der Waals surface area contributed by atoms with Gasteiger partial charge in [0.2, 0.25) is 12.2 Å². The maximum absolute atomic E-state index is 12.3. The van der Waals surface area contributed by atoms with E-state index >= 15 is 0 Å². The summed E-state index contributed by atoms with van der Waals surface area (Å²) in [6, 6.07) is 28.8. The SMILES string of the molecule is CC(=O)OC1C(OC(=N)C(Cl)(Cl)Cl)OC(COCc2ccccc2)[C@H](OCc2ccccc2)[C@@H]1OCc1ccccc1. The number of carbonyl (C=O) groups is 1. The Kier molecular flexibility index (Phi) is 12.0. The number of benzene rings is 3. The molecule has 11 heteroatoms. The van der Waals surface area contributed by atoms with Crippen LogP contribution in [-0.2, 0) is 53.0 Å². The maximum Gasteiger partial charge on any atom is 0.303 e. The van der Waals surface area contributed by atoms with E-state index in [4.69, 9.17) is 68.6 Å². The van der Waals surface area contributed by atoms with Gasteiger partial charge in [-0.3, -0.25) is 10.2 Å². The van der Waals surface area contributed by atoms with Gasteiger partial charge in [-0.05, 0) is 16.7 Å². The standard InChI is InChI=1S/C31H32Cl3NO7/c1-21(36)40-28-27(39-19-24-15-9-4-10-16-24)26(38-18-23-13-7-3-8-14-23)25(20-37-17-22-11-5-2-6-12-22)41-29(28)42-30(35)31(32,33)34/h2-16,25-29,35H,17-20H2,1H3/t25?,26-,27-,28?,29?/m0/s1.